The van der Waals surface area contributed by atoms with Crippen molar-refractivity contribution in [2.75, 3.05) is 14.1 Å². The third-order valence-corrected chi connectivity index (χ3v) is 5.03. The zero-order valence-corrected chi connectivity index (χ0v) is 14.8. The number of likely N-dealkylation sites (N-methyl/N-ethyl adjacent to an activating group) is 2. The molecule has 2 atom stereocenters. The minimum absolute atomic E-state index is 0. The van der Waals surface area contributed by atoms with Crippen LogP contribution in [0.2, 0.25) is 0 Å². The van der Waals surface area contributed by atoms with Gasteiger partial charge in [-0.25, -0.2) is 9.79 Å². The van der Waals surface area contributed by atoms with Gasteiger partial charge in [0.05, 0.1) is 0 Å². The van der Waals surface area contributed by atoms with Gasteiger partial charge in [0.15, 0.2) is 11.6 Å². The number of benzene rings is 2. The Bertz CT molecular complexity index is 828. The number of halogens is 1. The highest BCUT2D eigenvalue weighted by Gasteiger charge is 2.70. The molecular weight excluding hydrogens is 338 g/mol. The molecule has 2 heterocycles. The van der Waals surface area contributed by atoms with Crippen molar-refractivity contribution in [1.29, 1.82) is 0 Å². The van der Waals surface area contributed by atoms with Gasteiger partial charge in [0.2, 0.25) is 5.66 Å². The van der Waals surface area contributed by atoms with Crippen LogP contribution in [0.3, 0.4) is 0 Å². The number of nitrogens with two attached hydrogens (primary N) is 1. The van der Waals surface area contributed by atoms with Crippen LogP contribution in [0.25, 0.3) is 0 Å². The maximum atomic E-state index is 12.9. The standard InChI is InChI=1S/C18H19N5O.ClH/c1-22-16(24)23(2)18(14-11-7-4-8-12-14)17(22,20-15(19)21-18)13-9-5-3-6-10-13;/h3-12H,1-2H3,(H3,19,20,21);1H. The average Bonchev–Trinajstić information content (AvgIpc) is 3.02. The molecule has 4 rings (SSSR count). The van der Waals surface area contributed by atoms with E-state index in [-0.39, 0.29) is 18.4 Å². The number of nitrogens with one attached hydrogen (secondary N) is 1. The highest BCUT2D eigenvalue weighted by Crippen LogP contribution is 2.54. The molecule has 2 unspecified atom stereocenters. The van der Waals surface area contributed by atoms with E-state index in [1.807, 2.05) is 60.7 Å². The van der Waals surface area contributed by atoms with Gasteiger partial charge in [-0.1, -0.05) is 60.7 Å². The summed E-state index contributed by atoms with van der Waals surface area (Å²) in [5, 5.41) is 3.29. The van der Waals surface area contributed by atoms with Gasteiger partial charge >= 0.3 is 6.03 Å². The second kappa shape index (κ2) is 5.67. The summed E-state index contributed by atoms with van der Waals surface area (Å²) in [7, 11) is 3.54. The lowest BCUT2D eigenvalue weighted by Crippen LogP contribution is -2.60. The molecular formula is C18H20ClN5O. The number of guanidine groups is 1. The molecule has 1 fully saturated rings. The second-order valence-electron chi connectivity index (χ2n) is 6.14. The number of carbonyl (C=O) groups excluding carboxylic acids is 1. The third kappa shape index (κ3) is 1.91. The van der Waals surface area contributed by atoms with Gasteiger partial charge in [0.1, 0.15) is 0 Å². The van der Waals surface area contributed by atoms with E-state index in [1.165, 1.54) is 0 Å². The van der Waals surface area contributed by atoms with Crippen LogP contribution in [0.1, 0.15) is 11.1 Å². The summed E-state index contributed by atoms with van der Waals surface area (Å²) in [6, 6.07) is 19.5. The Labute approximate surface area is 152 Å². The fourth-order valence-corrected chi connectivity index (χ4v) is 3.98. The fourth-order valence-electron chi connectivity index (χ4n) is 3.98. The van der Waals surface area contributed by atoms with Gasteiger partial charge < -0.3 is 11.1 Å². The van der Waals surface area contributed by atoms with E-state index < -0.39 is 11.3 Å². The normalized spacial score (nSPS) is 27.4. The molecule has 6 nitrogen and oxygen atoms in total. The van der Waals surface area contributed by atoms with E-state index >= 15 is 0 Å². The summed E-state index contributed by atoms with van der Waals surface area (Å²) in [5.74, 6) is 0.314. The van der Waals surface area contributed by atoms with Crippen LogP contribution in [0.15, 0.2) is 65.7 Å². The van der Waals surface area contributed by atoms with E-state index in [0.29, 0.717) is 5.96 Å². The molecule has 0 radical (unpaired) electrons. The summed E-state index contributed by atoms with van der Waals surface area (Å²) in [5.41, 5.74) is 6.08. The van der Waals surface area contributed by atoms with E-state index in [0.717, 1.165) is 11.1 Å². The molecule has 25 heavy (non-hydrogen) atoms. The molecule has 130 valence electrons. The van der Waals surface area contributed by atoms with Crippen molar-refractivity contribution in [3.05, 3.63) is 71.8 Å². The lowest BCUT2D eigenvalue weighted by atomic mass is 9.81. The second-order valence-corrected chi connectivity index (χ2v) is 6.14. The Morgan fingerprint density at radius 1 is 0.920 bits per heavy atom. The first-order chi connectivity index (χ1) is 11.5. The number of urea groups is 1. The summed E-state index contributed by atoms with van der Waals surface area (Å²) in [6.07, 6.45) is 0. The van der Waals surface area contributed by atoms with Crippen molar-refractivity contribution in [3.8, 4) is 0 Å². The Hall–Kier alpha value is -2.73. The third-order valence-electron chi connectivity index (χ3n) is 5.03. The topological polar surface area (TPSA) is 74.0 Å². The average molecular weight is 358 g/mol. The molecule has 0 spiro atoms. The van der Waals surface area contributed by atoms with Gasteiger partial charge in [0, 0.05) is 25.2 Å². The smallest absolute Gasteiger partial charge is 0.324 e. The first-order valence-corrected chi connectivity index (χ1v) is 7.80. The van der Waals surface area contributed by atoms with Crippen molar-refractivity contribution in [3.63, 3.8) is 0 Å². The Morgan fingerprint density at radius 3 is 2.00 bits per heavy atom. The molecule has 2 aromatic carbocycles. The van der Waals surface area contributed by atoms with Crippen LogP contribution >= 0.6 is 12.4 Å². The molecule has 0 aromatic heterocycles. The summed E-state index contributed by atoms with van der Waals surface area (Å²) in [6.45, 7) is 0. The molecule has 2 aromatic rings. The molecule has 2 aliphatic rings. The van der Waals surface area contributed by atoms with E-state index in [4.69, 9.17) is 10.7 Å². The van der Waals surface area contributed by atoms with E-state index in [1.54, 1.807) is 23.9 Å². The number of amides is 2. The van der Waals surface area contributed by atoms with Crippen LogP contribution in [-0.4, -0.2) is 35.9 Å². The first kappa shape index (κ1) is 17.1. The summed E-state index contributed by atoms with van der Waals surface area (Å²) < 4.78 is 0. The van der Waals surface area contributed by atoms with Crippen molar-refractivity contribution in [2.45, 2.75) is 11.3 Å². The Kier molecular flexibility index (Phi) is 3.88. The largest absolute Gasteiger partial charge is 0.370 e. The molecule has 1 saturated heterocycles. The predicted octanol–water partition coefficient (Wildman–Crippen LogP) is 2.03. The fraction of sp³-hybridized carbons (Fsp3) is 0.222. The van der Waals surface area contributed by atoms with Crippen LogP contribution in [0, 0.1) is 0 Å². The molecule has 7 heteroatoms. The first-order valence-electron chi connectivity index (χ1n) is 7.80. The highest BCUT2D eigenvalue weighted by molar-refractivity contribution is 5.89. The Morgan fingerprint density at radius 2 is 1.44 bits per heavy atom. The maximum absolute atomic E-state index is 12.9. The number of carbonyl (C=O) groups is 1. The summed E-state index contributed by atoms with van der Waals surface area (Å²) in [4.78, 5) is 20.9. The van der Waals surface area contributed by atoms with Crippen LogP contribution < -0.4 is 11.1 Å². The molecule has 2 amide bonds. The zero-order chi connectivity index (χ0) is 16.9. The van der Waals surface area contributed by atoms with Crippen molar-refractivity contribution in [1.82, 2.24) is 15.1 Å². The Balaban J connectivity index is 0.00000182. The zero-order valence-electron chi connectivity index (χ0n) is 14.0. The van der Waals surface area contributed by atoms with Gasteiger partial charge in [-0.05, 0) is 0 Å². The molecule has 0 saturated carbocycles. The van der Waals surface area contributed by atoms with E-state index in [9.17, 15) is 4.79 Å². The van der Waals surface area contributed by atoms with Gasteiger partial charge in [-0.15, -0.1) is 12.4 Å². The number of hydrogen-bond acceptors (Lipinski definition) is 4. The molecule has 0 aliphatic carbocycles. The number of aliphatic imine (C=N–C) groups is 1. The SMILES string of the molecule is CN1C(=O)N(C)C2(c3ccccc3)NC(N)=NC12c1ccccc1.Cl. The number of fused-ring (bicyclic) bond motifs is 1. The minimum Gasteiger partial charge on any atom is -0.370 e. The predicted molar refractivity (Wildman–Crippen MR) is 99.2 cm³/mol. The van der Waals surface area contributed by atoms with Crippen LogP contribution in [-0.2, 0) is 11.3 Å². The lowest BCUT2D eigenvalue weighted by molar-refractivity contribution is 0.0721. The van der Waals surface area contributed by atoms with Gasteiger partial charge in [0.25, 0.3) is 0 Å². The highest BCUT2D eigenvalue weighted by atomic mass is 35.5. The molecule has 3 N–H and O–H groups in total. The number of rotatable bonds is 2. The van der Waals surface area contributed by atoms with Gasteiger partial charge in [-0.3, -0.25) is 9.80 Å². The quantitative estimate of drug-likeness (QED) is 0.863. The molecule has 0 bridgehead atoms. The van der Waals surface area contributed by atoms with Crippen molar-refractivity contribution < 1.29 is 4.79 Å². The molecule has 2 aliphatic heterocycles. The maximum Gasteiger partial charge on any atom is 0.324 e. The number of hydrogen-bond donors (Lipinski definition) is 2. The van der Waals surface area contributed by atoms with Crippen LogP contribution in [0.4, 0.5) is 4.79 Å². The summed E-state index contributed by atoms with van der Waals surface area (Å²) >= 11 is 0. The van der Waals surface area contributed by atoms with Gasteiger partial charge in [-0.2, -0.15) is 0 Å². The minimum atomic E-state index is -0.967. The van der Waals surface area contributed by atoms with E-state index in [2.05, 4.69) is 5.32 Å². The lowest BCUT2D eigenvalue weighted by Gasteiger charge is -2.42. The van der Waals surface area contributed by atoms with Crippen molar-refractivity contribution >= 4 is 24.4 Å². The monoisotopic (exact) mass is 357 g/mol. The van der Waals surface area contributed by atoms with Crippen LogP contribution in [0.5, 0.6) is 0 Å². The number of nitrogens with zero attached hydrogens (tertiary/aromatic N) is 3. The van der Waals surface area contributed by atoms with Crippen molar-refractivity contribution in [2.24, 2.45) is 10.7 Å².